The Hall–Kier alpha value is -3.42. The largest absolute Gasteiger partial charge is 0.114 e. The van der Waals surface area contributed by atoms with Gasteiger partial charge < -0.3 is 0 Å². The van der Waals surface area contributed by atoms with Crippen LogP contribution in [0.2, 0.25) is 11.1 Å². The maximum Gasteiger partial charge on any atom is 0.114 e. The lowest BCUT2D eigenvalue weighted by Gasteiger charge is -2.42. The zero-order chi connectivity index (χ0) is 39.1. The molecule has 4 aromatic rings. The van der Waals surface area contributed by atoms with Crippen molar-refractivity contribution in [2.45, 2.75) is 156 Å². The Labute approximate surface area is 325 Å². The molecule has 0 radical (unpaired) electrons. The summed E-state index contributed by atoms with van der Waals surface area (Å²) in [6.07, 6.45) is 7.51. The van der Waals surface area contributed by atoms with Crippen molar-refractivity contribution in [3.8, 4) is 22.3 Å². The molecule has 0 atom stereocenters. The molecule has 0 unspecified atom stereocenters. The third-order valence-electron chi connectivity index (χ3n) is 12.6. The van der Waals surface area contributed by atoms with E-state index < -0.39 is 8.07 Å². The fourth-order valence-corrected chi connectivity index (χ4v) is 15.9. The molecule has 0 heterocycles. The van der Waals surface area contributed by atoms with Gasteiger partial charge in [-0.3, -0.25) is 0 Å². The molecule has 2 aliphatic carbocycles. The van der Waals surface area contributed by atoms with Crippen LogP contribution in [0.15, 0.2) is 83.2 Å². The molecule has 0 amide bonds. The van der Waals surface area contributed by atoms with Crippen molar-refractivity contribution in [1.82, 2.24) is 0 Å². The first-order chi connectivity index (χ1) is 24.4. The summed E-state index contributed by atoms with van der Waals surface area (Å²) in [4.78, 5) is 0. The number of hydrogen-bond donors (Lipinski definition) is 0. The predicted molar refractivity (Wildman–Crippen MR) is 238 cm³/mol. The molecule has 1 heteroatoms. The van der Waals surface area contributed by atoms with Crippen LogP contribution in [0.4, 0.5) is 0 Å². The molecule has 0 aliphatic heterocycles. The maximum absolute atomic E-state index is 2.69. The highest BCUT2D eigenvalue weighted by Crippen LogP contribution is 2.52. The minimum absolute atomic E-state index is 0.0809. The first kappa shape index (κ1) is 39.3. The maximum atomic E-state index is 2.69. The number of fused-ring (bicyclic) bond motifs is 2. The zero-order valence-electron chi connectivity index (χ0n) is 36.2. The number of allylic oxidation sites excluding steroid dienone is 2. The minimum atomic E-state index is -2.17. The predicted octanol–water partition coefficient (Wildman–Crippen LogP) is 15.1. The van der Waals surface area contributed by atoms with E-state index in [1.807, 2.05) is 0 Å². The molecule has 4 aromatic carbocycles. The first-order valence-electron chi connectivity index (χ1n) is 20.4. The topological polar surface area (TPSA) is 0 Å². The van der Waals surface area contributed by atoms with Crippen LogP contribution in [0.5, 0.6) is 0 Å². The number of benzene rings is 4. The molecule has 0 nitrogen and oxygen atoms in total. The van der Waals surface area contributed by atoms with Gasteiger partial charge in [0.25, 0.3) is 0 Å². The van der Waals surface area contributed by atoms with Crippen molar-refractivity contribution < 1.29 is 0 Å². The van der Waals surface area contributed by atoms with E-state index in [0.717, 1.165) is 12.8 Å². The SMILES string of the molecule is CC(C)[Si](C1=Cc2c(cccc2-c2cc(C(C)(C)C)cc(C(C)(C)C)c2)C1)(C1=Cc2c(cccc2-c2cc(C(C)(C)C)cc(C(C)(C)C)c2)C1)C(C)C. The Kier molecular flexibility index (Phi) is 9.93. The second kappa shape index (κ2) is 13.4. The lowest BCUT2D eigenvalue weighted by Crippen LogP contribution is -2.46. The normalized spacial score (nSPS) is 15.2. The fourth-order valence-electron chi connectivity index (χ4n) is 9.43. The third-order valence-corrected chi connectivity index (χ3v) is 19.0. The molecule has 0 bridgehead atoms. The second-order valence-electron chi connectivity index (χ2n) is 21.2. The van der Waals surface area contributed by atoms with Crippen LogP contribution in [0.25, 0.3) is 34.4 Å². The molecule has 0 saturated carbocycles. The van der Waals surface area contributed by atoms with Crippen molar-refractivity contribution in [3.05, 3.63) is 128 Å². The minimum Gasteiger partial charge on any atom is -0.0704 e. The van der Waals surface area contributed by atoms with Gasteiger partial charge in [0.1, 0.15) is 8.07 Å². The lowest BCUT2D eigenvalue weighted by molar-refractivity contribution is 0.568. The van der Waals surface area contributed by atoms with Crippen LogP contribution in [0.1, 0.15) is 155 Å². The van der Waals surface area contributed by atoms with Crippen LogP contribution in [0.3, 0.4) is 0 Å². The molecule has 53 heavy (non-hydrogen) atoms. The van der Waals surface area contributed by atoms with Gasteiger partial charge >= 0.3 is 0 Å². The Morgan fingerprint density at radius 3 is 1.00 bits per heavy atom. The van der Waals surface area contributed by atoms with Gasteiger partial charge in [-0.1, -0.05) is 206 Å². The standard InChI is InChI=1S/C52H68Si/c1-33(2)53(34(3)4,43-27-35-19-17-21-45(47(35)31-43)37-23-39(49(5,6)7)29-40(24-37)50(8,9)10)44-28-36-20-18-22-46(48(36)32-44)38-25-41(51(11,12)13)30-42(26-38)52(14,15)16/h17-26,29-34H,27-28H2,1-16H3. The molecule has 0 N–H and O–H groups in total. The van der Waals surface area contributed by atoms with Gasteiger partial charge in [-0.05, 0) is 112 Å². The summed E-state index contributed by atoms with van der Waals surface area (Å²) in [6.45, 7) is 38.3. The van der Waals surface area contributed by atoms with Crippen molar-refractivity contribution in [3.63, 3.8) is 0 Å². The van der Waals surface area contributed by atoms with E-state index in [1.165, 1.54) is 66.8 Å². The van der Waals surface area contributed by atoms with E-state index in [2.05, 4.69) is 196 Å². The summed E-state index contributed by atoms with van der Waals surface area (Å²) in [7, 11) is -2.17. The van der Waals surface area contributed by atoms with E-state index in [1.54, 1.807) is 10.4 Å². The molecule has 0 aromatic heterocycles. The molecule has 280 valence electrons. The van der Waals surface area contributed by atoms with Crippen LogP contribution in [-0.4, -0.2) is 8.07 Å². The molecular formula is C52H68Si. The van der Waals surface area contributed by atoms with E-state index in [4.69, 9.17) is 0 Å². The lowest BCUT2D eigenvalue weighted by atomic mass is 9.78. The average molecular weight is 721 g/mol. The number of hydrogen-bond acceptors (Lipinski definition) is 0. The summed E-state index contributed by atoms with van der Waals surface area (Å²) in [5, 5.41) is 3.44. The van der Waals surface area contributed by atoms with E-state index in [0.29, 0.717) is 11.1 Å². The summed E-state index contributed by atoms with van der Waals surface area (Å²) >= 11 is 0. The van der Waals surface area contributed by atoms with Crippen LogP contribution in [0, 0.1) is 0 Å². The van der Waals surface area contributed by atoms with Gasteiger partial charge in [0.05, 0.1) is 0 Å². The Balaban J connectivity index is 1.51. The Morgan fingerprint density at radius 2 is 0.736 bits per heavy atom. The fraction of sp³-hybridized carbons (Fsp3) is 0.462. The van der Waals surface area contributed by atoms with Crippen molar-refractivity contribution in [2.24, 2.45) is 0 Å². The van der Waals surface area contributed by atoms with Crippen molar-refractivity contribution >= 4 is 20.2 Å². The summed E-state index contributed by atoms with van der Waals surface area (Å²) in [6, 6.07) is 29.0. The molecular weight excluding hydrogens is 653 g/mol. The van der Waals surface area contributed by atoms with E-state index >= 15 is 0 Å². The van der Waals surface area contributed by atoms with E-state index in [-0.39, 0.29) is 21.7 Å². The third kappa shape index (κ3) is 7.25. The second-order valence-corrected chi connectivity index (χ2v) is 26.6. The highest BCUT2D eigenvalue weighted by atomic mass is 28.3. The van der Waals surface area contributed by atoms with Crippen molar-refractivity contribution in [2.75, 3.05) is 0 Å². The Bertz CT molecular complexity index is 1880. The molecule has 0 saturated heterocycles. The van der Waals surface area contributed by atoms with Crippen LogP contribution in [-0.2, 0) is 34.5 Å². The number of rotatable bonds is 6. The van der Waals surface area contributed by atoms with Gasteiger partial charge in [0.15, 0.2) is 0 Å². The van der Waals surface area contributed by atoms with E-state index in [9.17, 15) is 0 Å². The molecule has 6 rings (SSSR count). The first-order valence-corrected chi connectivity index (χ1v) is 22.6. The highest BCUT2D eigenvalue weighted by Gasteiger charge is 2.48. The van der Waals surface area contributed by atoms with Gasteiger partial charge in [-0.25, -0.2) is 0 Å². The van der Waals surface area contributed by atoms with Gasteiger partial charge in [0.2, 0.25) is 0 Å². The monoisotopic (exact) mass is 721 g/mol. The summed E-state index contributed by atoms with van der Waals surface area (Å²) in [5.74, 6) is 0. The van der Waals surface area contributed by atoms with Crippen molar-refractivity contribution in [1.29, 1.82) is 0 Å². The van der Waals surface area contributed by atoms with Gasteiger partial charge in [-0.15, -0.1) is 0 Å². The van der Waals surface area contributed by atoms with Gasteiger partial charge in [-0.2, -0.15) is 0 Å². The smallest absolute Gasteiger partial charge is 0.0704 e. The molecule has 0 fully saturated rings. The van der Waals surface area contributed by atoms with Gasteiger partial charge in [0, 0.05) is 0 Å². The molecule has 0 spiro atoms. The average Bonchev–Trinajstić information content (AvgIpc) is 3.67. The van der Waals surface area contributed by atoms with Crippen LogP contribution < -0.4 is 0 Å². The zero-order valence-corrected chi connectivity index (χ0v) is 37.2. The summed E-state index contributed by atoms with van der Waals surface area (Å²) in [5.41, 5.74) is 18.6. The highest BCUT2D eigenvalue weighted by molar-refractivity contribution is 6.96. The Morgan fingerprint density at radius 1 is 0.434 bits per heavy atom. The molecule has 2 aliphatic rings. The van der Waals surface area contributed by atoms with Crippen LogP contribution >= 0.6 is 0 Å². The quantitative estimate of drug-likeness (QED) is 0.174. The summed E-state index contributed by atoms with van der Waals surface area (Å²) < 4.78 is 0.